The van der Waals surface area contributed by atoms with Crippen LogP contribution in [0.15, 0.2) is 72.8 Å². The lowest BCUT2D eigenvalue weighted by atomic mass is 9.96. The first-order chi connectivity index (χ1) is 19.5. The third kappa shape index (κ3) is 5.46. The Morgan fingerprint density at radius 3 is 2.67 bits per heavy atom. The van der Waals surface area contributed by atoms with Crippen molar-refractivity contribution < 1.29 is 9.59 Å². The molecule has 8 nitrogen and oxygen atoms in total. The summed E-state index contributed by atoms with van der Waals surface area (Å²) >= 11 is 6.46. The van der Waals surface area contributed by atoms with Gasteiger partial charge in [0.05, 0.1) is 11.6 Å². The number of amides is 2. The third-order valence-electron chi connectivity index (χ3n) is 8.28. The molecule has 40 heavy (non-hydrogen) atoms. The molecule has 2 saturated heterocycles. The van der Waals surface area contributed by atoms with Crippen LogP contribution < -0.4 is 10.6 Å². The fourth-order valence-corrected chi connectivity index (χ4v) is 6.36. The number of likely N-dealkylation sites (tertiary alicyclic amines) is 1. The summed E-state index contributed by atoms with van der Waals surface area (Å²) in [6.07, 6.45) is 2.04. The number of fused-ring (bicyclic) bond motifs is 1. The molecule has 2 N–H and O–H groups in total. The molecule has 1 aromatic heterocycles. The van der Waals surface area contributed by atoms with Crippen molar-refractivity contribution in [2.75, 3.05) is 13.1 Å². The van der Waals surface area contributed by atoms with Crippen LogP contribution in [-0.4, -0.2) is 56.9 Å². The van der Waals surface area contributed by atoms with E-state index in [-0.39, 0.29) is 29.7 Å². The molecule has 2 fully saturated rings. The van der Waals surface area contributed by atoms with Crippen LogP contribution in [0.3, 0.4) is 0 Å². The highest BCUT2D eigenvalue weighted by Gasteiger charge is 2.43. The lowest BCUT2D eigenvalue weighted by Gasteiger charge is -2.27. The van der Waals surface area contributed by atoms with Crippen molar-refractivity contribution in [3.63, 3.8) is 0 Å². The standard InChI is InChI=1S/C31H33ClN6O2/c1-37-28-12-11-20(14-26(28)35-36-37)17-34-30(39)29-15-21(13-23-9-5-6-10-25(23)32)19-38(29)31(40)27-16-24(18-33-27)22-7-3-2-4-8-22/h2-12,14,21,24,27,29,33H,13,15-19H2,1H3,(H,34,39)/t21-,24-,27-,29+/m1/s1. The zero-order valence-electron chi connectivity index (χ0n) is 22.5. The van der Waals surface area contributed by atoms with Crippen LogP contribution in [0.25, 0.3) is 11.0 Å². The number of benzene rings is 3. The summed E-state index contributed by atoms with van der Waals surface area (Å²) in [4.78, 5) is 29.2. The highest BCUT2D eigenvalue weighted by molar-refractivity contribution is 6.31. The molecule has 0 radical (unpaired) electrons. The van der Waals surface area contributed by atoms with Crippen LogP contribution in [0.4, 0.5) is 0 Å². The molecule has 206 valence electrons. The van der Waals surface area contributed by atoms with Crippen molar-refractivity contribution in [1.82, 2.24) is 30.5 Å². The van der Waals surface area contributed by atoms with E-state index in [9.17, 15) is 9.59 Å². The molecule has 9 heteroatoms. The summed E-state index contributed by atoms with van der Waals surface area (Å²) in [6, 6.07) is 23.1. The summed E-state index contributed by atoms with van der Waals surface area (Å²) in [5.74, 6) is 0.287. The molecule has 2 amide bonds. The van der Waals surface area contributed by atoms with E-state index in [4.69, 9.17) is 11.6 Å². The molecule has 6 rings (SSSR count). The van der Waals surface area contributed by atoms with E-state index in [2.05, 4.69) is 33.1 Å². The average molecular weight is 557 g/mol. The Bertz CT molecular complexity index is 1520. The molecule has 3 aromatic carbocycles. The molecule has 3 heterocycles. The van der Waals surface area contributed by atoms with Gasteiger partial charge in [-0.05, 0) is 66.0 Å². The molecule has 0 spiro atoms. The summed E-state index contributed by atoms with van der Waals surface area (Å²) in [5, 5.41) is 15.5. The first-order valence-corrected chi connectivity index (χ1v) is 14.2. The molecule has 2 aliphatic rings. The molecular weight excluding hydrogens is 524 g/mol. The van der Waals surface area contributed by atoms with Crippen LogP contribution in [0.1, 0.15) is 35.4 Å². The predicted octanol–water partition coefficient (Wildman–Crippen LogP) is 3.84. The highest BCUT2D eigenvalue weighted by atomic mass is 35.5. The van der Waals surface area contributed by atoms with Crippen molar-refractivity contribution >= 4 is 34.4 Å². The van der Waals surface area contributed by atoms with Gasteiger partial charge in [-0.2, -0.15) is 0 Å². The number of nitrogens with zero attached hydrogens (tertiary/aromatic N) is 4. The van der Waals surface area contributed by atoms with Crippen LogP contribution in [-0.2, 0) is 29.6 Å². The van der Waals surface area contributed by atoms with Gasteiger partial charge in [-0.1, -0.05) is 71.4 Å². The largest absolute Gasteiger partial charge is 0.350 e. The third-order valence-corrected chi connectivity index (χ3v) is 8.65. The van der Waals surface area contributed by atoms with Crippen LogP contribution in [0.2, 0.25) is 5.02 Å². The summed E-state index contributed by atoms with van der Waals surface area (Å²) in [5.41, 5.74) is 4.93. The van der Waals surface area contributed by atoms with Crippen molar-refractivity contribution in [2.45, 2.75) is 43.8 Å². The minimum Gasteiger partial charge on any atom is -0.350 e. The Morgan fingerprint density at radius 2 is 1.85 bits per heavy atom. The maximum Gasteiger partial charge on any atom is 0.243 e. The Labute approximate surface area is 238 Å². The van der Waals surface area contributed by atoms with Gasteiger partial charge in [0.25, 0.3) is 0 Å². The van der Waals surface area contributed by atoms with Crippen LogP contribution in [0, 0.1) is 5.92 Å². The van der Waals surface area contributed by atoms with Gasteiger partial charge < -0.3 is 15.5 Å². The minimum atomic E-state index is -0.530. The Morgan fingerprint density at radius 1 is 1.05 bits per heavy atom. The number of aryl methyl sites for hydroxylation is 1. The molecular formula is C31H33ClN6O2. The molecule has 0 aliphatic carbocycles. The monoisotopic (exact) mass is 556 g/mol. The molecule has 4 atom stereocenters. The van der Waals surface area contributed by atoms with Gasteiger partial charge in [-0.3, -0.25) is 9.59 Å². The maximum absolute atomic E-state index is 13.9. The second-order valence-corrected chi connectivity index (χ2v) is 11.4. The molecule has 0 bridgehead atoms. The number of hydrogen-bond donors (Lipinski definition) is 2. The summed E-state index contributed by atoms with van der Waals surface area (Å²) in [6.45, 7) is 1.64. The quantitative estimate of drug-likeness (QED) is 0.361. The van der Waals surface area contributed by atoms with Crippen molar-refractivity contribution in [3.05, 3.63) is 94.5 Å². The Balaban J connectivity index is 1.17. The molecule has 0 saturated carbocycles. The highest BCUT2D eigenvalue weighted by Crippen LogP contribution is 2.32. The normalized spacial score (nSPS) is 22.6. The molecule has 2 aliphatic heterocycles. The Kier molecular flexibility index (Phi) is 7.54. The average Bonchev–Trinajstić information content (AvgIpc) is 3.72. The number of aromatic nitrogens is 3. The van der Waals surface area contributed by atoms with E-state index in [0.29, 0.717) is 19.5 Å². The van der Waals surface area contributed by atoms with Gasteiger partial charge in [0.2, 0.25) is 11.8 Å². The van der Waals surface area contributed by atoms with E-state index in [1.54, 1.807) is 9.58 Å². The van der Waals surface area contributed by atoms with E-state index in [1.807, 2.05) is 67.7 Å². The fourth-order valence-electron chi connectivity index (χ4n) is 6.14. The van der Waals surface area contributed by atoms with Crippen LogP contribution >= 0.6 is 11.6 Å². The molecule has 4 aromatic rings. The summed E-state index contributed by atoms with van der Waals surface area (Å²) in [7, 11) is 1.85. The zero-order chi connectivity index (χ0) is 27.6. The topological polar surface area (TPSA) is 92.2 Å². The fraction of sp³-hybridized carbons (Fsp3) is 0.355. The first-order valence-electron chi connectivity index (χ1n) is 13.8. The number of hydrogen-bond acceptors (Lipinski definition) is 5. The van der Waals surface area contributed by atoms with Gasteiger partial charge in [0.1, 0.15) is 11.6 Å². The number of rotatable bonds is 7. The lowest BCUT2D eigenvalue weighted by Crippen LogP contribution is -2.51. The Hall–Kier alpha value is -3.75. The van der Waals surface area contributed by atoms with Gasteiger partial charge in [-0.15, -0.1) is 5.10 Å². The van der Waals surface area contributed by atoms with E-state index >= 15 is 0 Å². The van der Waals surface area contributed by atoms with Gasteiger partial charge in [0.15, 0.2) is 0 Å². The minimum absolute atomic E-state index is 0.00113. The van der Waals surface area contributed by atoms with E-state index in [0.717, 1.165) is 46.6 Å². The second kappa shape index (κ2) is 11.4. The number of carbonyl (C=O) groups excluding carboxylic acids is 2. The van der Waals surface area contributed by atoms with E-state index in [1.165, 1.54) is 5.56 Å². The SMILES string of the molecule is Cn1nnc2cc(CNC(=O)[C@@H]3C[C@@H](Cc4ccccc4Cl)CN3C(=O)[C@H]3C[C@@H](c4ccccc4)CN3)ccc21. The number of halogens is 1. The van der Waals surface area contributed by atoms with Crippen molar-refractivity contribution in [1.29, 1.82) is 0 Å². The smallest absolute Gasteiger partial charge is 0.243 e. The summed E-state index contributed by atoms with van der Waals surface area (Å²) < 4.78 is 1.72. The number of carbonyl (C=O) groups is 2. The first kappa shape index (κ1) is 26.5. The maximum atomic E-state index is 13.9. The van der Waals surface area contributed by atoms with E-state index < -0.39 is 6.04 Å². The number of nitrogens with one attached hydrogen (secondary N) is 2. The lowest BCUT2D eigenvalue weighted by molar-refractivity contribution is -0.139. The molecule has 0 unspecified atom stereocenters. The van der Waals surface area contributed by atoms with Crippen molar-refractivity contribution in [2.24, 2.45) is 13.0 Å². The zero-order valence-corrected chi connectivity index (χ0v) is 23.2. The van der Waals surface area contributed by atoms with Gasteiger partial charge in [0, 0.05) is 31.7 Å². The second-order valence-electron chi connectivity index (χ2n) is 11.0. The van der Waals surface area contributed by atoms with Crippen molar-refractivity contribution in [3.8, 4) is 0 Å². The van der Waals surface area contributed by atoms with Gasteiger partial charge >= 0.3 is 0 Å². The predicted molar refractivity (Wildman–Crippen MR) is 155 cm³/mol. The van der Waals surface area contributed by atoms with Crippen LogP contribution in [0.5, 0.6) is 0 Å². The van der Waals surface area contributed by atoms with Gasteiger partial charge in [-0.25, -0.2) is 4.68 Å².